The molecule has 1 amide bonds. The Bertz CT molecular complexity index is 954. The van der Waals surface area contributed by atoms with Gasteiger partial charge in [0, 0.05) is 12.7 Å². The quantitative estimate of drug-likeness (QED) is 0.748. The fourth-order valence-corrected chi connectivity index (χ4v) is 2.78. The number of alkyl carbamates (subject to hydrolysis) is 1. The number of aromatic nitrogens is 2. The highest BCUT2D eigenvalue weighted by Gasteiger charge is 2.16. The van der Waals surface area contributed by atoms with Gasteiger partial charge in [-0.15, -0.1) is 0 Å². The number of anilines is 1. The molecule has 0 spiro atoms. The number of benzene rings is 1. The number of fused-ring (bicyclic) bond motifs is 1. The van der Waals surface area contributed by atoms with Crippen molar-refractivity contribution >= 4 is 17.6 Å². The van der Waals surface area contributed by atoms with Gasteiger partial charge in [0.2, 0.25) is 0 Å². The van der Waals surface area contributed by atoms with Gasteiger partial charge in [-0.25, -0.2) is 9.78 Å². The topological polar surface area (TPSA) is 81.6 Å². The van der Waals surface area contributed by atoms with Crippen LogP contribution >= 0.6 is 0 Å². The Morgan fingerprint density at radius 1 is 1.23 bits per heavy atom. The van der Waals surface area contributed by atoms with E-state index >= 15 is 0 Å². The molecule has 3 rings (SSSR count). The summed E-state index contributed by atoms with van der Waals surface area (Å²) in [6, 6.07) is 11.9. The van der Waals surface area contributed by atoms with Crippen LogP contribution in [-0.2, 0) is 11.3 Å². The van der Waals surface area contributed by atoms with Crippen LogP contribution in [0.4, 0.5) is 10.6 Å². The third kappa shape index (κ3) is 3.79. The van der Waals surface area contributed by atoms with Crippen molar-refractivity contribution in [3.8, 4) is 11.1 Å². The first-order valence-corrected chi connectivity index (χ1v) is 8.54. The van der Waals surface area contributed by atoms with E-state index in [-0.39, 0.29) is 0 Å². The Balaban J connectivity index is 1.87. The molecular formula is C20H24N4O2. The minimum absolute atomic E-state index is 0.383. The van der Waals surface area contributed by atoms with Gasteiger partial charge in [-0.2, -0.15) is 0 Å². The molecule has 6 nitrogen and oxygen atoms in total. The molecule has 0 aliphatic rings. The number of pyridine rings is 1. The van der Waals surface area contributed by atoms with E-state index < -0.39 is 11.7 Å². The molecule has 3 N–H and O–H groups in total. The molecule has 26 heavy (non-hydrogen) atoms. The molecule has 3 aromatic rings. The minimum atomic E-state index is -0.520. The lowest BCUT2D eigenvalue weighted by molar-refractivity contribution is 0.0523. The smallest absolute Gasteiger partial charge is 0.407 e. The number of rotatable bonds is 3. The number of carbonyl (C=O) groups excluding carboxylic acids is 1. The van der Waals surface area contributed by atoms with Crippen molar-refractivity contribution in [2.24, 2.45) is 0 Å². The molecule has 0 bridgehead atoms. The summed E-state index contributed by atoms with van der Waals surface area (Å²) < 4.78 is 7.28. The highest BCUT2D eigenvalue weighted by molar-refractivity contribution is 5.71. The maximum Gasteiger partial charge on any atom is 0.407 e. The second kappa shape index (κ2) is 6.71. The van der Waals surface area contributed by atoms with E-state index in [2.05, 4.69) is 10.3 Å². The summed E-state index contributed by atoms with van der Waals surface area (Å²) in [5.74, 6) is 0.530. The van der Waals surface area contributed by atoms with E-state index in [1.54, 1.807) is 0 Å². The number of carbonyl (C=O) groups is 1. The number of ether oxygens (including phenoxy) is 1. The highest BCUT2D eigenvalue weighted by atomic mass is 16.6. The lowest BCUT2D eigenvalue weighted by Gasteiger charge is -2.20. The van der Waals surface area contributed by atoms with Crippen LogP contribution in [0.5, 0.6) is 0 Å². The van der Waals surface area contributed by atoms with Crippen LogP contribution < -0.4 is 11.1 Å². The average Bonchev–Trinajstić information content (AvgIpc) is 2.86. The van der Waals surface area contributed by atoms with Crippen LogP contribution in [-0.4, -0.2) is 21.1 Å². The zero-order valence-corrected chi connectivity index (χ0v) is 15.5. The Morgan fingerprint density at radius 3 is 2.69 bits per heavy atom. The van der Waals surface area contributed by atoms with Gasteiger partial charge in [0.15, 0.2) is 0 Å². The van der Waals surface area contributed by atoms with Gasteiger partial charge >= 0.3 is 6.09 Å². The SMILES string of the molecule is Cc1c(N)nc2ccc(-c3ccccc3CNC(=O)OC(C)(C)C)cn12. The Morgan fingerprint density at radius 2 is 1.96 bits per heavy atom. The predicted molar refractivity (Wildman–Crippen MR) is 103 cm³/mol. The van der Waals surface area contributed by atoms with Crippen molar-refractivity contribution < 1.29 is 9.53 Å². The number of nitrogens with two attached hydrogens (primary N) is 1. The summed E-state index contributed by atoms with van der Waals surface area (Å²) in [4.78, 5) is 16.3. The molecule has 1 aromatic carbocycles. The van der Waals surface area contributed by atoms with Crippen LogP contribution in [0.2, 0.25) is 0 Å². The fourth-order valence-electron chi connectivity index (χ4n) is 2.78. The number of nitrogens with zero attached hydrogens (tertiary/aromatic N) is 2. The van der Waals surface area contributed by atoms with Gasteiger partial charge in [-0.05, 0) is 56.5 Å². The number of hydrogen-bond donors (Lipinski definition) is 2. The maximum atomic E-state index is 11.9. The molecule has 0 atom stereocenters. The van der Waals surface area contributed by atoms with E-state index in [0.717, 1.165) is 28.0 Å². The van der Waals surface area contributed by atoms with Crippen LogP contribution in [0.15, 0.2) is 42.6 Å². The van der Waals surface area contributed by atoms with E-state index in [1.807, 2.05) is 74.7 Å². The van der Waals surface area contributed by atoms with Gasteiger partial charge in [0.1, 0.15) is 17.1 Å². The van der Waals surface area contributed by atoms with E-state index in [4.69, 9.17) is 10.5 Å². The summed E-state index contributed by atoms with van der Waals surface area (Å²) in [6.45, 7) is 7.85. The number of nitrogens with one attached hydrogen (secondary N) is 1. The van der Waals surface area contributed by atoms with Crippen LogP contribution in [0.25, 0.3) is 16.8 Å². The summed E-state index contributed by atoms with van der Waals surface area (Å²) in [6.07, 6.45) is 1.58. The predicted octanol–water partition coefficient (Wildman–Crippen LogP) is 3.92. The minimum Gasteiger partial charge on any atom is -0.444 e. The number of nitrogen functional groups attached to an aromatic ring is 1. The van der Waals surface area contributed by atoms with Gasteiger partial charge in [0.05, 0.1) is 5.69 Å². The second-order valence-electron chi connectivity index (χ2n) is 7.24. The normalized spacial score (nSPS) is 11.5. The third-order valence-corrected chi connectivity index (χ3v) is 4.04. The van der Waals surface area contributed by atoms with Crippen molar-refractivity contribution in [3.05, 3.63) is 53.9 Å². The van der Waals surface area contributed by atoms with Crippen LogP contribution in [0.3, 0.4) is 0 Å². The molecular weight excluding hydrogens is 328 g/mol. The van der Waals surface area contributed by atoms with Crippen molar-refractivity contribution in [3.63, 3.8) is 0 Å². The molecule has 0 fully saturated rings. The molecule has 0 unspecified atom stereocenters. The molecule has 6 heteroatoms. The highest BCUT2D eigenvalue weighted by Crippen LogP contribution is 2.25. The van der Waals surface area contributed by atoms with Crippen molar-refractivity contribution in [1.82, 2.24) is 14.7 Å². The first-order chi connectivity index (χ1) is 12.2. The third-order valence-electron chi connectivity index (χ3n) is 4.04. The standard InChI is InChI=1S/C20H24N4O2/c1-13-18(21)23-17-10-9-15(12-24(13)17)16-8-6-5-7-14(16)11-22-19(25)26-20(2,3)4/h5-10,12H,11,21H2,1-4H3,(H,22,25). The van der Waals surface area contributed by atoms with Crippen LogP contribution in [0, 0.1) is 6.92 Å². The summed E-state index contributed by atoms with van der Waals surface area (Å²) in [7, 11) is 0. The first kappa shape index (κ1) is 17.8. The first-order valence-electron chi connectivity index (χ1n) is 8.54. The van der Waals surface area contributed by atoms with E-state index in [9.17, 15) is 4.79 Å². The van der Waals surface area contributed by atoms with Gasteiger partial charge in [-0.1, -0.05) is 24.3 Å². The summed E-state index contributed by atoms with van der Waals surface area (Å²) in [5, 5.41) is 2.82. The Kier molecular flexibility index (Phi) is 4.59. The van der Waals surface area contributed by atoms with Gasteiger partial charge < -0.3 is 20.2 Å². The average molecular weight is 352 g/mol. The summed E-state index contributed by atoms with van der Waals surface area (Å²) in [5.41, 5.74) is 10.2. The number of amides is 1. The van der Waals surface area contributed by atoms with Crippen LogP contribution in [0.1, 0.15) is 32.0 Å². The molecule has 0 aliphatic heterocycles. The molecule has 0 aliphatic carbocycles. The monoisotopic (exact) mass is 352 g/mol. The zero-order valence-electron chi connectivity index (χ0n) is 15.5. The van der Waals surface area contributed by atoms with Gasteiger partial charge in [0.25, 0.3) is 0 Å². The number of hydrogen-bond acceptors (Lipinski definition) is 4. The van der Waals surface area contributed by atoms with Crippen molar-refractivity contribution in [2.45, 2.75) is 39.8 Å². The molecule has 0 saturated heterocycles. The lowest BCUT2D eigenvalue weighted by Crippen LogP contribution is -2.32. The molecule has 0 saturated carbocycles. The molecule has 2 heterocycles. The van der Waals surface area contributed by atoms with Crippen molar-refractivity contribution in [1.29, 1.82) is 0 Å². The van der Waals surface area contributed by atoms with E-state index in [1.165, 1.54) is 0 Å². The number of aryl methyl sites for hydroxylation is 1. The second-order valence-corrected chi connectivity index (χ2v) is 7.24. The van der Waals surface area contributed by atoms with Crippen molar-refractivity contribution in [2.75, 3.05) is 5.73 Å². The fraction of sp³-hybridized carbons (Fsp3) is 0.300. The maximum absolute atomic E-state index is 11.9. The largest absolute Gasteiger partial charge is 0.444 e. The zero-order chi connectivity index (χ0) is 18.9. The Labute approximate surface area is 153 Å². The van der Waals surface area contributed by atoms with E-state index in [0.29, 0.717) is 12.4 Å². The van der Waals surface area contributed by atoms with Gasteiger partial charge in [-0.3, -0.25) is 0 Å². The number of imidazole rings is 1. The lowest BCUT2D eigenvalue weighted by atomic mass is 10.0. The Hall–Kier alpha value is -3.02. The molecule has 136 valence electrons. The molecule has 2 aromatic heterocycles. The summed E-state index contributed by atoms with van der Waals surface area (Å²) >= 11 is 0. The molecule has 0 radical (unpaired) electrons.